The van der Waals surface area contributed by atoms with Gasteiger partial charge in [-0.1, -0.05) is 19.9 Å². The lowest BCUT2D eigenvalue weighted by atomic mass is 9.76. The van der Waals surface area contributed by atoms with E-state index in [1.165, 1.54) is 26.2 Å². The molecule has 0 heterocycles. The minimum absolute atomic E-state index is 0.0518. The summed E-state index contributed by atoms with van der Waals surface area (Å²) in [5.41, 5.74) is -1.44. The van der Waals surface area contributed by atoms with Crippen molar-refractivity contribution >= 4 is 5.97 Å². The maximum atomic E-state index is 13.7. The molecular weight excluding hydrogens is 251 g/mol. The van der Waals surface area contributed by atoms with Crippen LogP contribution in [0.5, 0.6) is 5.75 Å². The lowest BCUT2D eigenvalue weighted by Gasteiger charge is -2.33. The second-order valence-corrected chi connectivity index (χ2v) is 5.06. The summed E-state index contributed by atoms with van der Waals surface area (Å²) in [4.78, 5) is 11.3. The average Bonchev–Trinajstić information content (AvgIpc) is 2.27. The smallest absolute Gasteiger partial charge is 0.310 e. The molecule has 5 heteroatoms. The van der Waals surface area contributed by atoms with Crippen molar-refractivity contribution in [2.45, 2.75) is 26.4 Å². The van der Waals surface area contributed by atoms with Crippen LogP contribution in [0.1, 0.15) is 26.3 Å². The number of methoxy groups -OCH3 is 1. The van der Waals surface area contributed by atoms with E-state index in [1.807, 2.05) is 0 Å². The van der Waals surface area contributed by atoms with Crippen molar-refractivity contribution < 1.29 is 24.1 Å². The quantitative estimate of drug-likeness (QED) is 0.862. The number of hydrogen-bond acceptors (Lipinski definition) is 3. The second kappa shape index (κ2) is 5.57. The minimum Gasteiger partial charge on any atom is -0.494 e. The molecule has 0 aliphatic carbocycles. The fourth-order valence-electron chi connectivity index (χ4n) is 2.34. The lowest BCUT2D eigenvalue weighted by molar-refractivity contribution is -0.155. The summed E-state index contributed by atoms with van der Waals surface area (Å²) in [5.74, 6) is -3.02. The molecule has 2 atom stereocenters. The van der Waals surface area contributed by atoms with Crippen LogP contribution in [0.2, 0.25) is 0 Å². The van der Waals surface area contributed by atoms with Crippen LogP contribution in [-0.4, -0.2) is 23.3 Å². The third kappa shape index (κ3) is 3.04. The van der Waals surface area contributed by atoms with E-state index in [2.05, 4.69) is 0 Å². The van der Waals surface area contributed by atoms with E-state index in [0.29, 0.717) is 0 Å². The molecule has 0 aliphatic rings. The molecule has 2 N–H and O–H groups in total. The van der Waals surface area contributed by atoms with E-state index in [1.54, 1.807) is 13.8 Å². The topological polar surface area (TPSA) is 66.8 Å². The Balaban J connectivity index is 3.25. The van der Waals surface area contributed by atoms with Crippen LogP contribution >= 0.6 is 0 Å². The van der Waals surface area contributed by atoms with Crippen molar-refractivity contribution in [2.75, 3.05) is 7.11 Å². The molecule has 0 fully saturated rings. The molecule has 19 heavy (non-hydrogen) atoms. The largest absolute Gasteiger partial charge is 0.494 e. The Morgan fingerprint density at radius 1 is 1.42 bits per heavy atom. The van der Waals surface area contributed by atoms with Gasteiger partial charge in [-0.2, -0.15) is 0 Å². The Bertz CT molecular complexity index is 469. The molecule has 2 unspecified atom stereocenters. The number of rotatable bonds is 5. The first kappa shape index (κ1) is 15.4. The van der Waals surface area contributed by atoms with Gasteiger partial charge in [0.05, 0.1) is 13.0 Å². The van der Waals surface area contributed by atoms with E-state index in [-0.39, 0.29) is 17.2 Å². The Kier molecular flexibility index (Phi) is 4.52. The summed E-state index contributed by atoms with van der Waals surface area (Å²) in [5, 5.41) is 19.7. The highest BCUT2D eigenvalue weighted by Crippen LogP contribution is 2.36. The van der Waals surface area contributed by atoms with E-state index < -0.39 is 23.3 Å². The van der Waals surface area contributed by atoms with Gasteiger partial charge >= 0.3 is 5.97 Å². The first-order chi connectivity index (χ1) is 8.71. The van der Waals surface area contributed by atoms with Crippen LogP contribution in [0.25, 0.3) is 0 Å². The van der Waals surface area contributed by atoms with Gasteiger partial charge in [0.15, 0.2) is 11.6 Å². The van der Waals surface area contributed by atoms with Crippen LogP contribution in [0.3, 0.4) is 0 Å². The lowest BCUT2D eigenvalue weighted by Crippen LogP contribution is -2.40. The summed E-state index contributed by atoms with van der Waals surface area (Å²) in [6.07, 6.45) is 0. The molecule has 0 aromatic heterocycles. The number of aliphatic hydroxyl groups is 1. The van der Waals surface area contributed by atoms with Gasteiger partial charge in [-0.25, -0.2) is 4.39 Å². The van der Waals surface area contributed by atoms with E-state index in [9.17, 15) is 19.4 Å². The van der Waals surface area contributed by atoms with E-state index in [0.717, 1.165) is 6.07 Å². The van der Waals surface area contributed by atoms with Crippen molar-refractivity contribution in [1.82, 2.24) is 0 Å². The highest BCUT2D eigenvalue weighted by molar-refractivity contribution is 5.72. The molecule has 0 radical (unpaired) electrons. The first-order valence-corrected chi connectivity index (χ1v) is 6.01. The summed E-state index contributed by atoms with van der Waals surface area (Å²) >= 11 is 0. The molecule has 1 aromatic carbocycles. The van der Waals surface area contributed by atoms with Gasteiger partial charge in [-0.15, -0.1) is 0 Å². The SMILES string of the molecule is COc1ccc(C(C)(O)C(C(=O)O)C(C)C)cc1F. The molecule has 0 bridgehead atoms. The molecule has 0 amide bonds. The zero-order valence-electron chi connectivity index (χ0n) is 11.5. The Morgan fingerprint density at radius 3 is 2.37 bits per heavy atom. The molecule has 1 rings (SSSR count). The van der Waals surface area contributed by atoms with Crippen LogP contribution in [-0.2, 0) is 10.4 Å². The van der Waals surface area contributed by atoms with Gasteiger partial charge in [-0.05, 0) is 30.5 Å². The number of carboxylic acids is 1. The third-order valence-corrected chi connectivity index (χ3v) is 3.27. The number of aliphatic carboxylic acids is 1. The van der Waals surface area contributed by atoms with Crippen molar-refractivity contribution in [1.29, 1.82) is 0 Å². The normalized spacial score (nSPS) is 15.9. The number of carboxylic acid groups (broad SMARTS) is 1. The van der Waals surface area contributed by atoms with Crippen molar-refractivity contribution in [3.8, 4) is 5.75 Å². The zero-order chi connectivity index (χ0) is 14.8. The maximum Gasteiger partial charge on any atom is 0.310 e. The second-order valence-electron chi connectivity index (χ2n) is 5.06. The Morgan fingerprint density at radius 2 is 2.00 bits per heavy atom. The fraction of sp³-hybridized carbons (Fsp3) is 0.500. The number of carbonyl (C=O) groups is 1. The van der Waals surface area contributed by atoms with Gasteiger partial charge in [0.2, 0.25) is 0 Å². The molecule has 106 valence electrons. The van der Waals surface area contributed by atoms with Crippen molar-refractivity contribution in [3.63, 3.8) is 0 Å². The van der Waals surface area contributed by atoms with Crippen molar-refractivity contribution in [2.24, 2.45) is 11.8 Å². The predicted octanol–water partition coefficient (Wildman–Crippen LogP) is 2.40. The molecular formula is C14H19FO4. The predicted molar refractivity (Wildman–Crippen MR) is 68.5 cm³/mol. The fourth-order valence-corrected chi connectivity index (χ4v) is 2.34. The number of hydrogen-bond donors (Lipinski definition) is 2. The van der Waals surface area contributed by atoms with Gasteiger partial charge < -0.3 is 14.9 Å². The summed E-state index contributed by atoms with van der Waals surface area (Å²) in [6, 6.07) is 3.95. The number of ether oxygens (including phenoxy) is 1. The number of halogens is 1. The summed E-state index contributed by atoms with van der Waals surface area (Å²) < 4.78 is 18.5. The first-order valence-electron chi connectivity index (χ1n) is 6.01. The van der Waals surface area contributed by atoms with Crippen molar-refractivity contribution in [3.05, 3.63) is 29.6 Å². The van der Waals surface area contributed by atoms with Gasteiger partial charge in [0.25, 0.3) is 0 Å². The molecule has 1 aromatic rings. The Hall–Kier alpha value is -1.62. The Labute approximate surface area is 111 Å². The van der Waals surface area contributed by atoms with Crippen LogP contribution in [0.15, 0.2) is 18.2 Å². The van der Waals surface area contributed by atoms with Gasteiger partial charge in [-0.3, -0.25) is 4.79 Å². The summed E-state index contributed by atoms with van der Waals surface area (Å²) in [7, 11) is 1.34. The van der Waals surface area contributed by atoms with Gasteiger partial charge in [0, 0.05) is 0 Å². The maximum absolute atomic E-state index is 13.7. The molecule has 0 aliphatic heterocycles. The highest BCUT2D eigenvalue weighted by Gasteiger charge is 2.41. The van der Waals surface area contributed by atoms with Crippen LogP contribution in [0.4, 0.5) is 4.39 Å². The molecule has 0 spiro atoms. The molecule has 0 saturated heterocycles. The monoisotopic (exact) mass is 270 g/mol. The van der Waals surface area contributed by atoms with E-state index >= 15 is 0 Å². The van der Waals surface area contributed by atoms with Crippen LogP contribution < -0.4 is 4.74 Å². The van der Waals surface area contributed by atoms with Crippen LogP contribution in [0, 0.1) is 17.7 Å². The molecule has 0 saturated carbocycles. The summed E-state index contributed by atoms with van der Waals surface area (Å²) in [6.45, 7) is 4.79. The standard InChI is InChI=1S/C14H19FO4/c1-8(2)12(13(16)17)14(3,18)9-5-6-11(19-4)10(15)7-9/h5-8,12,18H,1-4H3,(H,16,17). The zero-order valence-corrected chi connectivity index (χ0v) is 11.5. The third-order valence-electron chi connectivity index (χ3n) is 3.27. The minimum atomic E-state index is -1.66. The van der Waals surface area contributed by atoms with Gasteiger partial charge in [0.1, 0.15) is 5.60 Å². The average molecular weight is 270 g/mol. The molecule has 4 nitrogen and oxygen atoms in total. The number of benzene rings is 1. The van der Waals surface area contributed by atoms with E-state index in [4.69, 9.17) is 4.74 Å². The highest BCUT2D eigenvalue weighted by atomic mass is 19.1.